The lowest BCUT2D eigenvalue weighted by molar-refractivity contribution is -0.137. The monoisotopic (exact) mass is 374 g/mol. The number of hydrogen-bond donors (Lipinski definition) is 1. The number of morpholine rings is 1. The highest BCUT2D eigenvalue weighted by Gasteiger charge is 2.23. The van der Waals surface area contributed by atoms with Gasteiger partial charge in [-0.05, 0) is 31.0 Å². The van der Waals surface area contributed by atoms with Gasteiger partial charge in [-0.15, -0.1) is 0 Å². The number of anilines is 1. The summed E-state index contributed by atoms with van der Waals surface area (Å²) in [5.74, 6) is 0.195. The van der Waals surface area contributed by atoms with Crippen LogP contribution in [0.25, 0.3) is 0 Å². The van der Waals surface area contributed by atoms with Crippen LogP contribution in [-0.2, 0) is 14.3 Å². The van der Waals surface area contributed by atoms with Crippen molar-refractivity contribution < 1.29 is 14.3 Å². The Balaban J connectivity index is 1.40. The van der Waals surface area contributed by atoms with Gasteiger partial charge in [-0.2, -0.15) is 0 Å². The van der Waals surface area contributed by atoms with Gasteiger partial charge in [0.1, 0.15) is 0 Å². The molecule has 0 radical (unpaired) electrons. The average molecular weight is 374 g/mol. The van der Waals surface area contributed by atoms with E-state index in [1.165, 1.54) is 0 Å². The molecular weight excluding hydrogens is 344 g/mol. The van der Waals surface area contributed by atoms with E-state index >= 15 is 0 Å². The zero-order valence-corrected chi connectivity index (χ0v) is 16.4. The lowest BCUT2D eigenvalue weighted by atomic mass is 10.1. The largest absolute Gasteiger partial charge is 0.378 e. The molecule has 7 heteroatoms. The first kappa shape index (κ1) is 19.8. The molecule has 0 atom stereocenters. The Morgan fingerprint density at radius 3 is 2.26 bits per heavy atom. The van der Waals surface area contributed by atoms with Crippen molar-refractivity contribution in [3.63, 3.8) is 0 Å². The number of hydrogen-bond acceptors (Lipinski definition) is 5. The van der Waals surface area contributed by atoms with Crippen LogP contribution in [0.15, 0.2) is 18.2 Å². The number of nitrogens with one attached hydrogen (secondary N) is 1. The molecule has 2 saturated heterocycles. The molecule has 2 aliphatic rings. The minimum absolute atomic E-state index is 0.0153. The van der Waals surface area contributed by atoms with Crippen molar-refractivity contribution in [1.29, 1.82) is 0 Å². The third-order valence-corrected chi connectivity index (χ3v) is 5.22. The molecule has 148 valence electrons. The lowest BCUT2D eigenvalue weighted by Gasteiger charge is -2.35. The van der Waals surface area contributed by atoms with Gasteiger partial charge in [0, 0.05) is 45.0 Å². The van der Waals surface area contributed by atoms with E-state index in [0.29, 0.717) is 39.4 Å². The van der Waals surface area contributed by atoms with Crippen LogP contribution in [-0.4, -0.2) is 92.1 Å². The predicted molar refractivity (Wildman–Crippen MR) is 105 cm³/mol. The minimum atomic E-state index is 0.0153. The van der Waals surface area contributed by atoms with E-state index in [1.54, 1.807) is 0 Å². The molecular formula is C20H30N4O3. The van der Waals surface area contributed by atoms with Gasteiger partial charge in [0.05, 0.1) is 26.3 Å². The molecule has 1 aromatic rings. The average Bonchev–Trinajstić information content (AvgIpc) is 2.67. The molecule has 0 aliphatic carbocycles. The fourth-order valence-corrected chi connectivity index (χ4v) is 3.47. The quantitative estimate of drug-likeness (QED) is 0.823. The van der Waals surface area contributed by atoms with Crippen molar-refractivity contribution in [1.82, 2.24) is 14.7 Å². The normalized spacial score (nSPS) is 19.1. The number of nitrogens with zero attached hydrogens (tertiary/aromatic N) is 3. The Kier molecular flexibility index (Phi) is 6.82. The lowest BCUT2D eigenvalue weighted by Crippen LogP contribution is -2.52. The number of carbonyl (C=O) groups is 2. The highest BCUT2D eigenvalue weighted by atomic mass is 16.5. The fourth-order valence-electron chi connectivity index (χ4n) is 3.47. The van der Waals surface area contributed by atoms with Crippen molar-refractivity contribution in [2.24, 2.45) is 0 Å². The summed E-state index contributed by atoms with van der Waals surface area (Å²) >= 11 is 0. The Hall–Kier alpha value is -1.96. The van der Waals surface area contributed by atoms with E-state index in [4.69, 9.17) is 4.74 Å². The van der Waals surface area contributed by atoms with Crippen LogP contribution in [0.4, 0.5) is 5.69 Å². The molecule has 0 aromatic heterocycles. The summed E-state index contributed by atoms with van der Waals surface area (Å²) in [5, 5.41) is 3.02. The number of benzene rings is 1. The Labute approximate surface area is 161 Å². The van der Waals surface area contributed by atoms with Crippen molar-refractivity contribution in [3.05, 3.63) is 29.3 Å². The SMILES string of the molecule is Cc1ccc(C)c(NC(=O)CN2CCN(CC(=O)N3CCOCC3)CC2)c1. The maximum Gasteiger partial charge on any atom is 0.238 e. The third kappa shape index (κ3) is 5.76. The van der Waals surface area contributed by atoms with E-state index in [1.807, 2.05) is 36.9 Å². The summed E-state index contributed by atoms with van der Waals surface area (Å²) in [6, 6.07) is 6.07. The number of aryl methyl sites for hydroxylation is 2. The van der Waals surface area contributed by atoms with Crippen LogP contribution in [0.1, 0.15) is 11.1 Å². The van der Waals surface area contributed by atoms with Crippen LogP contribution in [0.3, 0.4) is 0 Å². The second-order valence-corrected chi connectivity index (χ2v) is 7.41. The standard InChI is InChI=1S/C20H30N4O3/c1-16-3-4-17(2)18(13-16)21-19(25)14-22-5-7-23(8-6-22)15-20(26)24-9-11-27-12-10-24/h3-4,13H,5-12,14-15H2,1-2H3,(H,21,25). The first-order valence-corrected chi connectivity index (χ1v) is 9.68. The van der Waals surface area contributed by atoms with Crippen molar-refractivity contribution in [2.45, 2.75) is 13.8 Å². The second-order valence-electron chi connectivity index (χ2n) is 7.41. The predicted octanol–water partition coefficient (Wildman–Crippen LogP) is 0.718. The summed E-state index contributed by atoms with van der Waals surface area (Å²) in [6.07, 6.45) is 0. The van der Waals surface area contributed by atoms with Gasteiger partial charge in [0.25, 0.3) is 0 Å². The van der Waals surface area contributed by atoms with Crippen LogP contribution in [0, 0.1) is 13.8 Å². The second kappa shape index (κ2) is 9.30. The molecule has 0 spiro atoms. The van der Waals surface area contributed by atoms with E-state index in [-0.39, 0.29) is 11.8 Å². The van der Waals surface area contributed by atoms with E-state index in [0.717, 1.165) is 43.0 Å². The van der Waals surface area contributed by atoms with Gasteiger partial charge in [-0.25, -0.2) is 0 Å². The molecule has 2 amide bonds. The zero-order chi connectivity index (χ0) is 19.2. The highest BCUT2D eigenvalue weighted by molar-refractivity contribution is 5.93. The first-order chi connectivity index (χ1) is 13.0. The summed E-state index contributed by atoms with van der Waals surface area (Å²) in [5.41, 5.74) is 3.09. The number of piperazine rings is 1. The smallest absolute Gasteiger partial charge is 0.238 e. The van der Waals surface area contributed by atoms with Crippen LogP contribution in [0.2, 0.25) is 0 Å². The fraction of sp³-hybridized carbons (Fsp3) is 0.600. The molecule has 0 unspecified atom stereocenters. The Morgan fingerprint density at radius 2 is 1.59 bits per heavy atom. The van der Waals surface area contributed by atoms with Crippen LogP contribution < -0.4 is 5.32 Å². The van der Waals surface area contributed by atoms with E-state index in [2.05, 4.69) is 15.1 Å². The zero-order valence-electron chi connectivity index (χ0n) is 16.4. The van der Waals surface area contributed by atoms with Crippen LogP contribution >= 0.6 is 0 Å². The van der Waals surface area contributed by atoms with Gasteiger partial charge in [-0.3, -0.25) is 19.4 Å². The molecule has 0 saturated carbocycles. The maximum absolute atomic E-state index is 12.4. The molecule has 2 aliphatic heterocycles. The van der Waals surface area contributed by atoms with Crippen LogP contribution in [0.5, 0.6) is 0 Å². The molecule has 3 rings (SSSR count). The topological polar surface area (TPSA) is 65.1 Å². The molecule has 7 nitrogen and oxygen atoms in total. The van der Waals surface area contributed by atoms with Gasteiger partial charge >= 0.3 is 0 Å². The molecule has 27 heavy (non-hydrogen) atoms. The summed E-state index contributed by atoms with van der Waals surface area (Å²) in [4.78, 5) is 30.9. The summed E-state index contributed by atoms with van der Waals surface area (Å²) in [6.45, 7) is 10.7. The van der Waals surface area contributed by atoms with E-state index < -0.39 is 0 Å². The minimum Gasteiger partial charge on any atom is -0.378 e. The summed E-state index contributed by atoms with van der Waals surface area (Å²) < 4.78 is 5.30. The Bertz CT molecular complexity index is 665. The number of rotatable bonds is 5. The van der Waals surface area contributed by atoms with Gasteiger partial charge in [0.2, 0.25) is 11.8 Å². The number of ether oxygens (including phenoxy) is 1. The highest BCUT2D eigenvalue weighted by Crippen LogP contribution is 2.16. The van der Waals surface area contributed by atoms with Gasteiger partial charge in [-0.1, -0.05) is 12.1 Å². The van der Waals surface area contributed by atoms with Gasteiger partial charge in [0.15, 0.2) is 0 Å². The molecule has 1 aromatic carbocycles. The third-order valence-electron chi connectivity index (χ3n) is 5.22. The molecule has 2 fully saturated rings. The van der Waals surface area contributed by atoms with E-state index in [9.17, 15) is 9.59 Å². The first-order valence-electron chi connectivity index (χ1n) is 9.68. The Morgan fingerprint density at radius 1 is 0.963 bits per heavy atom. The molecule has 1 N–H and O–H groups in total. The maximum atomic E-state index is 12.4. The van der Waals surface area contributed by atoms with Crippen molar-refractivity contribution in [2.75, 3.05) is 70.9 Å². The number of carbonyl (C=O) groups excluding carboxylic acids is 2. The van der Waals surface area contributed by atoms with Crippen molar-refractivity contribution >= 4 is 17.5 Å². The number of amides is 2. The summed E-state index contributed by atoms with van der Waals surface area (Å²) in [7, 11) is 0. The molecule has 2 heterocycles. The molecule has 0 bridgehead atoms. The van der Waals surface area contributed by atoms with Crippen molar-refractivity contribution in [3.8, 4) is 0 Å². The van der Waals surface area contributed by atoms with Gasteiger partial charge < -0.3 is 15.0 Å².